The molecule has 0 spiro atoms. The van der Waals surface area contributed by atoms with E-state index in [4.69, 9.17) is 0 Å². The van der Waals surface area contributed by atoms with Crippen LogP contribution in [0.2, 0.25) is 0 Å². The van der Waals surface area contributed by atoms with E-state index in [1.54, 1.807) is 5.57 Å². The molecule has 1 aromatic rings. The van der Waals surface area contributed by atoms with Gasteiger partial charge in [0, 0.05) is 0 Å². The fourth-order valence-electron chi connectivity index (χ4n) is 2.59. The van der Waals surface area contributed by atoms with Gasteiger partial charge in [0.25, 0.3) is 0 Å². The Morgan fingerprint density at radius 1 is 0.889 bits per heavy atom. The van der Waals surface area contributed by atoms with E-state index in [2.05, 4.69) is 64.1 Å². The molecular weight excluding hydrogens is 216 g/mol. The van der Waals surface area contributed by atoms with Crippen LogP contribution < -0.4 is 0 Å². The third-order valence-corrected chi connectivity index (χ3v) is 3.41. The highest BCUT2D eigenvalue weighted by Gasteiger charge is 2.09. The molecule has 0 aliphatic rings. The molecule has 98 valence electrons. The Balaban J connectivity index is 3.29. The highest BCUT2D eigenvalue weighted by atomic mass is 14.1. The molecule has 0 heteroatoms. The lowest BCUT2D eigenvalue weighted by Gasteiger charge is -2.16. The Labute approximate surface area is 112 Å². The van der Waals surface area contributed by atoms with Gasteiger partial charge in [0.2, 0.25) is 0 Å². The minimum Gasteiger partial charge on any atom is -0.0813 e. The predicted octanol–water partition coefficient (Wildman–Crippen LogP) is 6.01. The van der Waals surface area contributed by atoms with Gasteiger partial charge < -0.3 is 0 Å². The molecule has 0 unspecified atom stereocenters. The van der Waals surface area contributed by atoms with Gasteiger partial charge in [0.15, 0.2) is 0 Å². The average molecular weight is 242 g/mol. The molecule has 0 saturated carbocycles. The zero-order chi connectivity index (χ0) is 13.4. The molecule has 18 heavy (non-hydrogen) atoms. The van der Waals surface area contributed by atoms with Gasteiger partial charge in [-0.15, -0.1) is 0 Å². The molecular formula is C18H26. The maximum atomic E-state index is 2.39. The van der Waals surface area contributed by atoms with Crippen molar-refractivity contribution in [3.63, 3.8) is 0 Å². The maximum absolute atomic E-state index is 2.39. The lowest BCUT2D eigenvalue weighted by atomic mass is 9.89. The molecule has 0 aliphatic heterocycles. The van der Waals surface area contributed by atoms with Gasteiger partial charge in [0.1, 0.15) is 0 Å². The maximum Gasteiger partial charge on any atom is -0.0222 e. The molecule has 0 saturated heterocycles. The van der Waals surface area contributed by atoms with E-state index in [1.807, 2.05) is 0 Å². The van der Waals surface area contributed by atoms with Crippen LogP contribution >= 0.6 is 0 Å². The molecule has 0 atom stereocenters. The van der Waals surface area contributed by atoms with Crippen LogP contribution in [0.4, 0.5) is 0 Å². The fraction of sp³-hybridized carbons (Fsp3) is 0.444. The Kier molecular flexibility index (Phi) is 6.49. The summed E-state index contributed by atoms with van der Waals surface area (Å²) in [4.78, 5) is 0. The average Bonchev–Trinajstić information content (AvgIpc) is 2.43. The lowest BCUT2D eigenvalue weighted by molar-refractivity contribution is 0.993. The number of benzene rings is 1. The van der Waals surface area contributed by atoms with Crippen LogP contribution in [0, 0.1) is 0 Å². The van der Waals surface area contributed by atoms with Crippen LogP contribution in [-0.4, -0.2) is 0 Å². The minimum atomic E-state index is 1.11. The summed E-state index contributed by atoms with van der Waals surface area (Å²) < 4.78 is 0. The first kappa shape index (κ1) is 14.8. The van der Waals surface area contributed by atoms with E-state index in [0.717, 1.165) is 25.7 Å². The zero-order valence-corrected chi connectivity index (χ0v) is 12.3. The molecule has 0 amide bonds. The first-order valence-corrected chi connectivity index (χ1v) is 7.25. The standard InChI is InChI=1S/C18H26/c1-5-12-15(6-2)17(7-3)18(8-4)16-13-10-9-11-14-16/h9-14H,5-8H2,1-4H3/b15-12+,18-17-. The fourth-order valence-corrected chi connectivity index (χ4v) is 2.59. The van der Waals surface area contributed by atoms with Crippen molar-refractivity contribution in [1.82, 2.24) is 0 Å². The monoisotopic (exact) mass is 242 g/mol. The van der Waals surface area contributed by atoms with E-state index in [0.29, 0.717) is 0 Å². The zero-order valence-electron chi connectivity index (χ0n) is 12.3. The molecule has 0 bridgehead atoms. The van der Waals surface area contributed by atoms with Crippen LogP contribution in [0.1, 0.15) is 58.9 Å². The summed E-state index contributed by atoms with van der Waals surface area (Å²) in [6.45, 7) is 9.01. The van der Waals surface area contributed by atoms with Crippen molar-refractivity contribution in [2.75, 3.05) is 0 Å². The van der Waals surface area contributed by atoms with Crippen LogP contribution in [0.25, 0.3) is 5.57 Å². The van der Waals surface area contributed by atoms with Crippen LogP contribution in [0.15, 0.2) is 47.6 Å². The smallest absolute Gasteiger partial charge is 0.0222 e. The first-order chi connectivity index (χ1) is 8.78. The van der Waals surface area contributed by atoms with Gasteiger partial charge in [-0.05, 0) is 48.0 Å². The van der Waals surface area contributed by atoms with Crippen molar-refractivity contribution in [3.8, 4) is 0 Å². The molecule has 0 fully saturated rings. The van der Waals surface area contributed by atoms with Gasteiger partial charge in [-0.2, -0.15) is 0 Å². The molecule has 1 aromatic carbocycles. The van der Waals surface area contributed by atoms with Crippen molar-refractivity contribution in [1.29, 1.82) is 0 Å². The van der Waals surface area contributed by atoms with E-state index in [9.17, 15) is 0 Å². The summed E-state index contributed by atoms with van der Waals surface area (Å²) >= 11 is 0. The molecule has 0 nitrogen and oxygen atoms in total. The third kappa shape index (κ3) is 3.60. The summed E-state index contributed by atoms with van der Waals surface area (Å²) in [7, 11) is 0. The normalized spacial score (nSPS) is 13.4. The Bertz CT molecular complexity index is 407. The lowest BCUT2D eigenvalue weighted by Crippen LogP contribution is -1.95. The molecule has 1 rings (SSSR count). The molecule has 0 aromatic heterocycles. The summed E-state index contributed by atoms with van der Waals surface area (Å²) in [6.07, 6.45) is 6.87. The van der Waals surface area contributed by atoms with E-state index >= 15 is 0 Å². The summed E-state index contributed by atoms with van der Waals surface area (Å²) in [5, 5.41) is 0. The third-order valence-electron chi connectivity index (χ3n) is 3.41. The van der Waals surface area contributed by atoms with Crippen molar-refractivity contribution < 1.29 is 0 Å². The highest BCUT2D eigenvalue weighted by molar-refractivity contribution is 5.72. The van der Waals surface area contributed by atoms with Gasteiger partial charge >= 0.3 is 0 Å². The van der Waals surface area contributed by atoms with Gasteiger partial charge in [-0.3, -0.25) is 0 Å². The molecule has 0 aliphatic carbocycles. The van der Waals surface area contributed by atoms with Crippen LogP contribution in [0.5, 0.6) is 0 Å². The minimum absolute atomic E-state index is 1.11. The molecule has 0 heterocycles. The van der Waals surface area contributed by atoms with E-state index in [1.165, 1.54) is 16.7 Å². The number of allylic oxidation sites excluding steroid dienone is 4. The number of rotatable bonds is 6. The second-order valence-electron chi connectivity index (χ2n) is 4.52. The van der Waals surface area contributed by atoms with Gasteiger partial charge in [0.05, 0.1) is 0 Å². The topological polar surface area (TPSA) is 0 Å². The van der Waals surface area contributed by atoms with Crippen molar-refractivity contribution in [3.05, 3.63) is 53.1 Å². The molecule has 0 radical (unpaired) electrons. The van der Waals surface area contributed by atoms with Gasteiger partial charge in [-0.25, -0.2) is 0 Å². The summed E-state index contributed by atoms with van der Waals surface area (Å²) in [5.41, 5.74) is 5.97. The second-order valence-corrected chi connectivity index (χ2v) is 4.52. The van der Waals surface area contributed by atoms with Crippen molar-refractivity contribution >= 4 is 5.57 Å². The Morgan fingerprint density at radius 3 is 2.00 bits per heavy atom. The van der Waals surface area contributed by atoms with E-state index < -0.39 is 0 Å². The summed E-state index contributed by atoms with van der Waals surface area (Å²) in [6, 6.07) is 10.8. The quantitative estimate of drug-likeness (QED) is 0.536. The van der Waals surface area contributed by atoms with E-state index in [-0.39, 0.29) is 0 Å². The largest absolute Gasteiger partial charge is 0.0813 e. The number of hydrogen-bond acceptors (Lipinski definition) is 0. The highest BCUT2D eigenvalue weighted by Crippen LogP contribution is 2.30. The Hall–Kier alpha value is -1.30. The SMILES string of the molecule is CC/C=C(CC)/C(CC)=C(/CC)c1ccccc1. The predicted molar refractivity (Wildman–Crippen MR) is 82.6 cm³/mol. The first-order valence-electron chi connectivity index (χ1n) is 7.25. The van der Waals surface area contributed by atoms with Crippen LogP contribution in [-0.2, 0) is 0 Å². The second kappa shape index (κ2) is 7.92. The number of hydrogen-bond donors (Lipinski definition) is 0. The van der Waals surface area contributed by atoms with Gasteiger partial charge in [-0.1, -0.05) is 64.1 Å². The Morgan fingerprint density at radius 2 is 1.56 bits per heavy atom. The molecule has 0 N–H and O–H groups in total. The van der Waals surface area contributed by atoms with Crippen molar-refractivity contribution in [2.24, 2.45) is 0 Å². The van der Waals surface area contributed by atoms with Crippen LogP contribution in [0.3, 0.4) is 0 Å². The van der Waals surface area contributed by atoms with Crippen molar-refractivity contribution in [2.45, 2.75) is 53.4 Å². The summed E-state index contributed by atoms with van der Waals surface area (Å²) in [5.74, 6) is 0.